The molecule has 0 bridgehead atoms. The van der Waals surface area contributed by atoms with Gasteiger partial charge in [0.05, 0.1) is 5.56 Å². The Labute approximate surface area is 137 Å². The van der Waals surface area contributed by atoms with Crippen molar-refractivity contribution in [3.63, 3.8) is 0 Å². The molecule has 1 atom stereocenters. The summed E-state index contributed by atoms with van der Waals surface area (Å²) >= 11 is 0. The van der Waals surface area contributed by atoms with Crippen molar-refractivity contribution in [1.82, 2.24) is 5.32 Å². The Hall–Kier alpha value is -2.09. The number of halogens is 3. The quantitative estimate of drug-likeness (QED) is 0.917. The predicted octanol–water partition coefficient (Wildman–Crippen LogP) is 2.90. The average molecular weight is 344 g/mol. The van der Waals surface area contributed by atoms with Crippen molar-refractivity contribution in [3.8, 4) is 0 Å². The summed E-state index contributed by atoms with van der Waals surface area (Å²) in [6, 6.07) is 4.40. The first kappa shape index (κ1) is 18.3. The number of ether oxygens (including phenoxy) is 1. The SMILES string of the molecule is CC(C)(C)CC(=O)NC1OCN(c2cccc(C(F)(F)F)c2)C1=O. The molecule has 0 aromatic heterocycles. The van der Waals surface area contributed by atoms with Gasteiger partial charge in [0.2, 0.25) is 12.1 Å². The number of carbonyl (C=O) groups is 2. The summed E-state index contributed by atoms with van der Waals surface area (Å²) in [4.78, 5) is 25.2. The van der Waals surface area contributed by atoms with Crippen molar-refractivity contribution in [2.24, 2.45) is 5.41 Å². The minimum Gasteiger partial charge on any atom is -0.328 e. The van der Waals surface area contributed by atoms with Crippen LogP contribution in [0.4, 0.5) is 18.9 Å². The number of nitrogens with one attached hydrogen (secondary N) is 1. The Kier molecular flexibility index (Phi) is 4.89. The van der Waals surface area contributed by atoms with Crippen molar-refractivity contribution in [1.29, 1.82) is 0 Å². The molecule has 1 aliphatic heterocycles. The number of anilines is 1. The maximum Gasteiger partial charge on any atom is 0.416 e. The molecule has 132 valence electrons. The molecule has 1 heterocycles. The van der Waals surface area contributed by atoms with Crippen LogP contribution in [0.25, 0.3) is 0 Å². The third-order valence-electron chi connectivity index (χ3n) is 3.33. The zero-order valence-electron chi connectivity index (χ0n) is 13.6. The number of nitrogens with zero attached hydrogens (tertiary/aromatic N) is 1. The Morgan fingerprint density at radius 3 is 2.58 bits per heavy atom. The van der Waals surface area contributed by atoms with E-state index in [9.17, 15) is 22.8 Å². The highest BCUT2D eigenvalue weighted by Gasteiger charge is 2.37. The van der Waals surface area contributed by atoms with Gasteiger partial charge in [0.25, 0.3) is 5.91 Å². The van der Waals surface area contributed by atoms with Gasteiger partial charge in [-0.3, -0.25) is 14.5 Å². The molecule has 1 aromatic rings. The molecule has 1 aliphatic rings. The number of hydrogen-bond acceptors (Lipinski definition) is 3. The van der Waals surface area contributed by atoms with Crippen LogP contribution in [0, 0.1) is 5.41 Å². The number of benzene rings is 1. The van der Waals surface area contributed by atoms with Gasteiger partial charge < -0.3 is 10.1 Å². The third kappa shape index (κ3) is 4.47. The van der Waals surface area contributed by atoms with Gasteiger partial charge in [-0.2, -0.15) is 13.2 Å². The van der Waals surface area contributed by atoms with Crippen molar-refractivity contribution in [2.75, 3.05) is 11.6 Å². The van der Waals surface area contributed by atoms with E-state index >= 15 is 0 Å². The second-order valence-electron chi connectivity index (χ2n) is 6.80. The Morgan fingerprint density at radius 1 is 1.33 bits per heavy atom. The van der Waals surface area contributed by atoms with E-state index in [1.54, 1.807) is 0 Å². The molecular formula is C16H19F3N2O3. The van der Waals surface area contributed by atoms with Gasteiger partial charge in [0.15, 0.2) is 0 Å². The highest BCUT2D eigenvalue weighted by atomic mass is 19.4. The Morgan fingerprint density at radius 2 is 2.00 bits per heavy atom. The molecule has 1 unspecified atom stereocenters. The molecule has 0 spiro atoms. The van der Waals surface area contributed by atoms with Crippen molar-refractivity contribution < 1.29 is 27.5 Å². The van der Waals surface area contributed by atoms with E-state index in [4.69, 9.17) is 4.74 Å². The minimum atomic E-state index is -4.50. The van der Waals surface area contributed by atoms with Crippen molar-refractivity contribution in [2.45, 2.75) is 39.6 Å². The summed E-state index contributed by atoms with van der Waals surface area (Å²) in [6.07, 6.45) is -5.49. The third-order valence-corrected chi connectivity index (χ3v) is 3.33. The molecular weight excluding hydrogens is 325 g/mol. The summed E-state index contributed by atoms with van der Waals surface area (Å²) in [7, 11) is 0. The van der Waals surface area contributed by atoms with E-state index in [1.165, 1.54) is 12.1 Å². The molecule has 2 rings (SSSR count). The number of carbonyl (C=O) groups excluding carboxylic acids is 2. The first-order valence-electron chi connectivity index (χ1n) is 7.37. The fourth-order valence-electron chi connectivity index (χ4n) is 2.26. The van der Waals surface area contributed by atoms with Crippen molar-refractivity contribution >= 4 is 17.5 Å². The van der Waals surface area contributed by atoms with Crippen LogP contribution in [-0.2, 0) is 20.5 Å². The monoisotopic (exact) mass is 344 g/mol. The van der Waals surface area contributed by atoms with Crippen LogP contribution in [0.2, 0.25) is 0 Å². The molecule has 1 fully saturated rings. The van der Waals surface area contributed by atoms with Crippen LogP contribution in [0.1, 0.15) is 32.8 Å². The van der Waals surface area contributed by atoms with Crippen LogP contribution in [0.15, 0.2) is 24.3 Å². The number of rotatable bonds is 3. The maximum atomic E-state index is 12.8. The van der Waals surface area contributed by atoms with Crippen LogP contribution >= 0.6 is 0 Å². The van der Waals surface area contributed by atoms with E-state index in [0.29, 0.717) is 0 Å². The lowest BCUT2D eigenvalue weighted by Crippen LogP contribution is -2.43. The smallest absolute Gasteiger partial charge is 0.328 e. The van der Waals surface area contributed by atoms with Crippen molar-refractivity contribution in [3.05, 3.63) is 29.8 Å². The average Bonchev–Trinajstić information content (AvgIpc) is 2.77. The number of hydrogen-bond donors (Lipinski definition) is 1. The predicted molar refractivity (Wildman–Crippen MR) is 80.9 cm³/mol. The van der Waals surface area contributed by atoms with Gasteiger partial charge >= 0.3 is 6.18 Å². The molecule has 5 nitrogen and oxygen atoms in total. The minimum absolute atomic E-state index is 0.0717. The van der Waals surface area contributed by atoms with Gasteiger partial charge in [0, 0.05) is 12.1 Å². The molecule has 0 saturated carbocycles. The van der Waals surface area contributed by atoms with E-state index in [1.807, 2.05) is 20.8 Å². The lowest BCUT2D eigenvalue weighted by molar-refractivity contribution is -0.137. The van der Waals surface area contributed by atoms with E-state index in [-0.39, 0.29) is 30.2 Å². The lowest BCUT2D eigenvalue weighted by Gasteiger charge is -2.19. The molecule has 1 saturated heterocycles. The molecule has 8 heteroatoms. The van der Waals surface area contributed by atoms with Crippen LogP contribution < -0.4 is 10.2 Å². The highest BCUT2D eigenvalue weighted by molar-refractivity contribution is 5.99. The summed E-state index contributed by atoms with van der Waals surface area (Å²) in [5.41, 5.74) is -1.04. The first-order chi connectivity index (χ1) is 11.0. The highest BCUT2D eigenvalue weighted by Crippen LogP contribution is 2.32. The maximum absolute atomic E-state index is 12.8. The lowest BCUT2D eigenvalue weighted by atomic mass is 9.92. The molecule has 1 aromatic carbocycles. The number of amides is 2. The van der Waals surface area contributed by atoms with Gasteiger partial charge in [-0.1, -0.05) is 26.8 Å². The largest absolute Gasteiger partial charge is 0.416 e. The summed E-state index contributed by atoms with van der Waals surface area (Å²) < 4.78 is 43.5. The Balaban J connectivity index is 2.08. The standard InChI is InChI=1S/C16H19F3N2O3/c1-15(2,3)8-12(22)20-13-14(23)21(9-24-13)11-6-4-5-10(7-11)16(17,18)19/h4-7,13H,8-9H2,1-3H3,(H,20,22). The first-order valence-corrected chi connectivity index (χ1v) is 7.37. The normalized spacial score (nSPS) is 18.8. The summed E-state index contributed by atoms with van der Waals surface area (Å²) in [5, 5.41) is 2.46. The van der Waals surface area contributed by atoms with E-state index < -0.39 is 23.9 Å². The molecule has 0 radical (unpaired) electrons. The van der Waals surface area contributed by atoms with E-state index in [0.717, 1.165) is 17.0 Å². The molecule has 0 aliphatic carbocycles. The van der Waals surface area contributed by atoms with Gasteiger partial charge in [-0.15, -0.1) is 0 Å². The van der Waals surface area contributed by atoms with E-state index in [2.05, 4.69) is 5.32 Å². The van der Waals surface area contributed by atoms with Crippen LogP contribution in [-0.4, -0.2) is 24.8 Å². The fraction of sp³-hybridized carbons (Fsp3) is 0.500. The van der Waals surface area contributed by atoms with Gasteiger partial charge in [-0.05, 0) is 23.6 Å². The summed E-state index contributed by atoms with van der Waals surface area (Å²) in [6.45, 7) is 5.40. The second-order valence-corrected chi connectivity index (χ2v) is 6.80. The van der Waals surface area contributed by atoms with Gasteiger partial charge in [0.1, 0.15) is 6.73 Å². The van der Waals surface area contributed by atoms with Crippen LogP contribution in [0.5, 0.6) is 0 Å². The molecule has 2 amide bonds. The molecule has 24 heavy (non-hydrogen) atoms. The Bertz CT molecular complexity index is 638. The fourth-order valence-corrected chi connectivity index (χ4v) is 2.26. The zero-order valence-corrected chi connectivity index (χ0v) is 13.6. The zero-order chi connectivity index (χ0) is 18.1. The second kappa shape index (κ2) is 6.43. The van der Waals surface area contributed by atoms with Gasteiger partial charge in [-0.25, -0.2) is 0 Å². The topological polar surface area (TPSA) is 58.6 Å². The summed E-state index contributed by atoms with van der Waals surface area (Å²) in [5.74, 6) is -0.955. The number of alkyl halides is 3. The molecule has 1 N–H and O–H groups in total. The van der Waals surface area contributed by atoms with Crippen LogP contribution in [0.3, 0.4) is 0 Å².